The van der Waals surface area contributed by atoms with Gasteiger partial charge in [-0.15, -0.1) is 0 Å². The minimum Gasteiger partial charge on any atom is -0.368 e. The van der Waals surface area contributed by atoms with E-state index in [4.69, 9.17) is 14.2 Å². The van der Waals surface area contributed by atoms with Crippen molar-refractivity contribution in [2.75, 3.05) is 0 Å². The summed E-state index contributed by atoms with van der Waals surface area (Å²) in [4.78, 5) is 0. The molecule has 0 saturated carbocycles. The molecule has 0 amide bonds. The fraction of sp³-hybridized carbons (Fsp3) is 0.556. The molecule has 4 rings (SSSR count). The highest BCUT2D eigenvalue weighted by atomic mass is 16.6. The molecule has 33 heavy (non-hydrogen) atoms. The maximum atomic E-state index is 10.3. The number of aliphatic hydroxyl groups excluding tert-OH is 3. The van der Waals surface area contributed by atoms with Crippen molar-refractivity contribution in [3.63, 3.8) is 0 Å². The Balaban J connectivity index is 1.92. The van der Waals surface area contributed by atoms with Gasteiger partial charge in [0.2, 0.25) is 0 Å². The largest absolute Gasteiger partial charge is 0.368 e. The van der Waals surface area contributed by atoms with Gasteiger partial charge in [-0.25, -0.2) is 0 Å². The quantitative estimate of drug-likeness (QED) is 0.585. The van der Waals surface area contributed by atoms with E-state index in [9.17, 15) is 15.3 Å². The van der Waals surface area contributed by atoms with Gasteiger partial charge in [0.05, 0.1) is 0 Å². The Kier molecular flexibility index (Phi) is 6.23. The van der Waals surface area contributed by atoms with Crippen molar-refractivity contribution in [3.05, 3.63) is 71.3 Å². The van der Waals surface area contributed by atoms with Gasteiger partial charge in [0.15, 0.2) is 18.9 Å². The molecular weight excluding hydrogens is 420 g/mol. The van der Waals surface area contributed by atoms with Crippen molar-refractivity contribution in [2.24, 2.45) is 0 Å². The van der Waals surface area contributed by atoms with Crippen molar-refractivity contribution < 1.29 is 29.5 Å². The smallest absolute Gasteiger partial charge is 0.156 e. The van der Waals surface area contributed by atoms with Crippen LogP contribution >= 0.6 is 0 Å². The van der Waals surface area contributed by atoms with Crippen LogP contribution in [0.3, 0.4) is 0 Å². The molecule has 6 heteroatoms. The summed E-state index contributed by atoms with van der Waals surface area (Å²) in [6.45, 7) is 18.4. The number of benzene rings is 1. The first-order chi connectivity index (χ1) is 15.4. The maximum absolute atomic E-state index is 10.3. The van der Waals surface area contributed by atoms with Crippen LogP contribution in [-0.2, 0) is 31.0 Å². The van der Waals surface area contributed by atoms with Crippen LogP contribution in [0.25, 0.3) is 0 Å². The van der Waals surface area contributed by atoms with Gasteiger partial charge in [0.1, 0.15) is 16.8 Å². The zero-order valence-electron chi connectivity index (χ0n) is 19.9. The Morgan fingerprint density at radius 2 is 0.848 bits per heavy atom. The van der Waals surface area contributed by atoms with Crippen LogP contribution < -0.4 is 0 Å². The summed E-state index contributed by atoms with van der Waals surface area (Å²) >= 11 is 0. The number of hydrogen-bond acceptors (Lipinski definition) is 6. The first-order valence-corrected chi connectivity index (χ1v) is 11.7. The third-order valence-electron chi connectivity index (χ3n) is 7.80. The highest BCUT2D eigenvalue weighted by molar-refractivity contribution is 5.47. The van der Waals surface area contributed by atoms with Gasteiger partial charge >= 0.3 is 0 Å². The van der Waals surface area contributed by atoms with Crippen molar-refractivity contribution in [1.82, 2.24) is 0 Å². The van der Waals surface area contributed by atoms with Crippen LogP contribution in [0.2, 0.25) is 0 Å². The summed E-state index contributed by atoms with van der Waals surface area (Å²) < 4.78 is 18.1. The number of hydrogen-bond donors (Lipinski definition) is 3. The van der Waals surface area contributed by atoms with Gasteiger partial charge in [-0.3, -0.25) is 0 Å². The van der Waals surface area contributed by atoms with Crippen LogP contribution in [0.1, 0.15) is 76.0 Å². The van der Waals surface area contributed by atoms with Crippen LogP contribution in [0.4, 0.5) is 0 Å². The molecule has 6 unspecified atom stereocenters. The molecule has 3 fully saturated rings. The van der Waals surface area contributed by atoms with E-state index in [0.717, 1.165) is 33.4 Å². The average Bonchev–Trinajstić information content (AvgIpc) is 2.76. The van der Waals surface area contributed by atoms with E-state index in [2.05, 4.69) is 19.7 Å². The highest BCUT2D eigenvalue weighted by Crippen LogP contribution is 2.48. The molecule has 0 aliphatic carbocycles. The summed E-state index contributed by atoms with van der Waals surface area (Å²) in [5, 5.41) is 30.9. The third kappa shape index (κ3) is 4.14. The Hall–Kier alpha value is -1.80. The molecule has 180 valence electrons. The summed E-state index contributed by atoms with van der Waals surface area (Å²) in [5.41, 5.74) is 2.14. The Labute approximate surface area is 196 Å². The Bertz CT molecular complexity index is 849. The molecule has 3 saturated heterocycles. The predicted octanol–water partition coefficient (Wildman–Crippen LogP) is 4.39. The van der Waals surface area contributed by atoms with Crippen LogP contribution in [0.15, 0.2) is 54.7 Å². The van der Waals surface area contributed by atoms with Gasteiger partial charge in [-0.05, 0) is 91.6 Å². The lowest BCUT2D eigenvalue weighted by Crippen LogP contribution is -2.41. The minimum atomic E-state index is -0.932. The molecule has 0 spiro atoms. The number of rotatable bonds is 3. The normalized spacial score (nSPS) is 40.2. The number of aliphatic hydroxyl groups is 3. The molecule has 1 aromatic rings. The monoisotopic (exact) mass is 456 g/mol. The second-order valence-electron chi connectivity index (χ2n) is 10.0. The maximum Gasteiger partial charge on any atom is 0.156 e. The lowest BCUT2D eigenvalue weighted by atomic mass is 9.75. The zero-order valence-corrected chi connectivity index (χ0v) is 19.9. The van der Waals surface area contributed by atoms with Crippen molar-refractivity contribution in [3.8, 4) is 0 Å². The van der Waals surface area contributed by atoms with Crippen molar-refractivity contribution in [1.29, 1.82) is 0 Å². The average molecular weight is 457 g/mol. The standard InChI is InChI=1S/C27H36O6/c1-16-7-10-22(28)31-25(16,4)19-13-20(26(5)17(2)8-11-23(29)32-26)15-21(14-19)27(6)18(3)9-12-24(30)33-27/h13-15,22-24,28-30H,1-3,7-12H2,4-6H3. The van der Waals surface area contributed by atoms with Crippen LogP contribution in [0.5, 0.6) is 0 Å². The molecule has 6 atom stereocenters. The fourth-order valence-corrected chi connectivity index (χ4v) is 5.12. The van der Waals surface area contributed by atoms with Crippen LogP contribution in [-0.4, -0.2) is 34.2 Å². The molecule has 3 aliphatic rings. The summed E-state index contributed by atoms with van der Waals surface area (Å²) in [5.74, 6) is 0. The first-order valence-electron chi connectivity index (χ1n) is 11.7. The van der Waals surface area contributed by atoms with E-state index >= 15 is 0 Å². The van der Waals surface area contributed by atoms with Gasteiger partial charge in [-0.1, -0.05) is 19.7 Å². The first kappa shape index (κ1) is 24.3. The van der Waals surface area contributed by atoms with E-state index in [1.807, 2.05) is 39.0 Å². The molecule has 0 aromatic heterocycles. The van der Waals surface area contributed by atoms with Gasteiger partial charge < -0.3 is 29.5 Å². The summed E-state index contributed by atoms with van der Waals surface area (Å²) in [6.07, 6.45) is 0.691. The Morgan fingerprint density at radius 3 is 1.09 bits per heavy atom. The van der Waals surface area contributed by atoms with Gasteiger partial charge in [0, 0.05) is 19.3 Å². The molecule has 3 aliphatic heterocycles. The lowest BCUT2D eigenvalue weighted by Gasteiger charge is -2.44. The summed E-state index contributed by atoms with van der Waals surface area (Å²) in [7, 11) is 0. The molecule has 0 radical (unpaired) electrons. The molecule has 1 aromatic carbocycles. The second-order valence-corrected chi connectivity index (χ2v) is 10.0. The van der Waals surface area contributed by atoms with Gasteiger partial charge in [0.25, 0.3) is 0 Å². The lowest BCUT2D eigenvalue weighted by molar-refractivity contribution is -0.192. The minimum absolute atomic E-state index is 0.495. The molecule has 6 nitrogen and oxygen atoms in total. The van der Waals surface area contributed by atoms with E-state index in [0.29, 0.717) is 38.5 Å². The Morgan fingerprint density at radius 1 is 0.606 bits per heavy atom. The van der Waals surface area contributed by atoms with Crippen molar-refractivity contribution in [2.45, 2.75) is 95.0 Å². The second kappa shape index (κ2) is 8.45. The van der Waals surface area contributed by atoms with E-state index in [-0.39, 0.29) is 0 Å². The number of ether oxygens (including phenoxy) is 3. The van der Waals surface area contributed by atoms with E-state index in [1.165, 1.54) is 0 Å². The van der Waals surface area contributed by atoms with E-state index in [1.54, 1.807) is 0 Å². The molecular formula is C27H36O6. The summed E-state index contributed by atoms with van der Waals surface area (Å²) in [6, 6.07) is 5.92. The zero-order chi connectivity index (χ0) is 24.2. The molecule has 3 heterocycles. The molecule has 0 bridgehead atoms. The van der Waals surface area contributed by atoms with Gasteiger partial charge in [-0.2, -0.15) is 0 Å². The van der Waals surface area contributed by atoms with E-state index < -0.39 is 35.7 Å². The third-order valence-corrected chi connectivity index (χ3v) is 7.80. The van der Waals surface area contributed by atoms with Crippen LogP contribution in [0, 0.1) is 0 Å². The predicted molar refractivity (Wildman–Crippen MR) is 125 cm³/mol. The highest BCUT2D eigenvalue weighted by Gasteiger charge is 2.44. The fourth-order valence-electron chi connectivity index (χ4n) is 5.12. The molecule has 3 N–H and O–H groups in total. The topological polar surface area (TPSA) is 88.4 Å². The van der Waals surface area contributed by atoms with Crippen molar-refractivity contribution >= 4 is 0 Å². The SMILES string of the molecule is C=C1CCC(O)OC1(C)c1cc(C2(C)OC(O)CCC2=C)cc(C2(C)OC(O)CCC2=C)c1.